The molecule has 0 bridgehead atoms. The van der Waals surface area contributed by atoms with Crippen LogP contribution < -0.4 is 10.2 Å². The molecule has 1 aromatic heterocycles. The Balaban J connectivity index is 1.50. The first-order chi connectivity index (χ1) is 10.6. The Morgan fingerprint density at radius 1 is 1.41 bits per heavy atom. The third-order valence-electron chi connectivity index (χ3n) is 3.49. The Labute approximate surface area is 135 Å². The third-order valence-corrected chi connectivity index (χ3v) is 4.22. The predicted molar refractivity (Wildman–Crippen MR) is 84.0 cm³/mol. The Kier molecular flexibility index (Phi) is 4.33. The van der Waals surface area contributed by atoms with Crippen LogP contribution in [0.5, 0.6) is 0 Å². The van der Waals surface area contributed by atoms with Crippen molar-refractivity contribution in [2.45, 2.75) is 12.5 Å². The molecule has 0 saturated carbocycles. The van der Waals surface area contributed by atoms with Gasteiger partial charge in [-0.25, -0.2) is 9.37 Å². The number of benzene rings is 1. The number of carbonyl (C=O) groups excluding carboxylic acids is 1. The minimum absolute atomic E-state index is 0.0731. The molecular formula is C15H14BrFN4O. The number of aromatic nitrogens is 2. The van der Waals surface area contributed by atoms with Gasteiger partial charge in [0.1, 0.15) is 11.6 Å². The fourth-order valence-electron chi connectivity index (χ4n) is 2.33. The average Bonchev–Trinajstić information content (AvgIpc) is 2.46. The molecule has 114 valence electrons. The van der Waals surface area contributed by atoms with Crippen LogP contribution in [0.2, 0.25) is 0 Å². The normalized spacial score (nSPS) is 14.5. The van der Waals surface area contributed by atoms with Crippen LogP contribution in [0, 0.1) is 5.82 Å². The van der Waals surface area contributed by atoms with Gasteiger partial charge in [0, 0.05) is 30.0 Å². The number of halogens is 2. The molecule has 1 N–H and O–H groups in total. The van der Waals surface area contributed by atoms with Gasteiger partial charge >= 0.3 is 0 Å². The molecule has 0 aliphatic carbocycles. The first-order valence-corrected chi connectivity index (χ1v) is 7.65. The standard InChI is InChI=1S/C15H14BrFN4O/c16-13-6-11(17)2-1-10(13)5-15(22)20-12-8-21(9-12)14-7-18-3-4-19-14/h1-4,6-7,12H,5,8-9H2,(H,20,22). The zero-order chi connectivity index (χ0) is 15.5. The maximum absolute atomic E-state index is 13.0. The molecule has 0 atom stereocenters. The highest BCUT2D eigenvalue weighted by molar-refractivity contribution is 9.10. The Morgan fingerprint density at radius 3 is 2.91 bits per heavy atom. The van der Waals surface area contributed by atoms with Gasteiger partial charge in [0.15, 0.2) is 0 Å². The molecule has 22 heavy (non-hydrogen) atoms. The molecule has 0 unspecified atom stereocenters. The van der Waals surface area contributed by atoms with Crippen LogP contribution in [0.15, 0.2) is 41.3 Å². The third kappa shape index (κ3) is 3.41. The van der Waals surface area contributed by atoms with Crippen LogP contribution in [0.3, 0.4) is 0 Å². The lowest BCUT2D eigenvalue weighted by Gasteiger charge is -2.40. The number of nitrogens with one attached hydrogen (secondary N) is 1. The van der Waals surface area contributed by atoms with E-state index in [-0.39, 0.29) is 24.2 Å². The molecule has 2 heterocycles. The lowest BCUT2D eigenvalue weighted by molar-refractivity contribution is -0.121. The van der Waals surface area contributed by atoms with Gasteiger partial charge < -0.3 is 10.2 Å². The van der Waals surface area contributed by atoms with Crippen LogP contribution in [0.25, 0.3) is 0 Å². The second-order valence-corrected chi connectivity index (χ2v) is 6.00. The van der Waals surface area contributed by atoms with Crippen LogP contribution in [-0.4, -0.2) is 35.0 Å². The first kappa shape index (κ1) is 14.9. The van der Waals surface area contributed by atoms with E-state index < -0.39 is 0 Å². The van der Waals surface area contributed by atoms with Crippen LogP contribution in [0.1, 0.15) is 5.56 Å². The van der Waals surface area contributed by atoms with Gasteiger partial charge in [-0.05, 0) is 17.7 Å². The summed E-state index contributed by atoms with van der Waals surface area (Å²) in [5.74, 6) is 0.417. The summed E-state index contributed by atoms with van der Waals surface area (Å²) in [5, 5.41) is 2.96. The highest BCUT2D eigenvalue weighted by Crippen LogP contribution is 2.19. The molecule has 1 fully saturated rings. The number of amides is 1. The number of anilines is 1. The van der Waals surface area contributed by atoms with Crippen molar-refractivity contribution in [1.82, 2.24) is 15.3 Å². The van der Waals surface area contributed by atoms with E-state index in [1.807, 2.05) is 4.90 Å². The highest BCUT2D eigenvalue weighted by Gasteiger charge is 2.29. The zero-order valence-corrected chi connectivity index (χ0v) is 13.3. The number of hydrogen-bond acceptors (Lipinski definition) is 4. The van der Waals surface area contributed by atoms with Gasteiger partial charge in [0.2, 0.25) is 5.91 Å². The Hall–Kier alpha value is -2.02. The summed E-state index contributed by atoms with van der Waals surface area (Å²) in [6.45, 7) is 1.43. The number of rotatable bonds is 4. The topological polar surface area (TPSA) is 58.1 Å². The summed E-state index contributed by atoms with van der Waals surface area (Å²) in [6.07, 6.45) is 5.20. The number of carbonyl (C=O) groups is 1. The van der Waals surface area contributed by atoms with Gasteiger partial charge in [-0.3, -0.25) is 9.78 Å². The second kappa shape index (κ2) is 6.39. The lowest BCUT2D eigenvalue weighted by Crippen LogP contribution is -2.60. The van der Waals surface area contributed by atoms with Gasteiger partial charge in [-0.2, -0.15) is 0 Å². The van der Waals surface area contributed by atoms with E-state index >= 15 is 0 Å². The summed E-state index contributed by atoms with van der Waals surface area (Å²) in [7, 11) is 0. The Morgan fingerprint density at radius 2 is 2.23 bits per heavy atom. The van der Waals surface area contributed by atoms with E-state index in [9.17, 15) is 9.18 Å². The lowest BCUT2D eigenvalue weighted by atomic mass is 10.1. The molecule has 1 aromatic carbocycles. The summed E-state index contributed by atoms with van der Waals surface area (Å²) in [5.41, 5.74) is 0.768. The Bertz CT molecular complexity index is 676. The quantitative estimate of drug-likeness (QED) is 0.900. The molecule has 7 heteroatoms. The maximum Gasteiger partial charge on any atom is 0.224 e. The summed E-state index contributed by atoms with van der Waals surface area (Å²) in [4.78, 5) is 22.3. The summed E-state index contributed by atoms with van der Waals surface area (Å²) < 4.78 is 13.6. The molecule has 0 spiro atoms. The van der Waals surface area contributed by atoms with Crippen LogP contribution in [-0.2, 0) is 11.2 Å². The van der Waals surface area contributed by atoms with Crippen molar-refractivity contribution < 1.29 is 9.18 Å². The summed E-state index contributed by atoms with van der Waals surface area (Å²) in [6, 6.07) is 4.44. The molecule has 3 rings (SSSR count). The number of hydrogen-bond donors (Lipinski definition) is 1. The molecule has 1 saturated heterocycles. The van der Waals surface area contributed by atoms with Crippen molar-refractivity contribution in [3.63, 3.8) is 0 Å². The molecule has 5 nitrogen and oxygen atoms in total. The van der Waals surface area contributed by atoms with Crippen molar-refractivity contribution in [3.8, 4) is 0 Å². The van der Waals surface area contributed by atoms with E-state index in [2.05, 4.69) is 31.2 Å². The van der Waals surface area contributed by atoms with Crippen molar-refractivity contribution in [1.29, 1.82) is 0 Å². The molecule has 0 radical (unpaired) electrons. The monoisotopic (exact) mass is 364 g/mol. The van der Waals surface area contributed by atoms with Gasteiger partial charge in [-0.1, -0.05) is 22.0 Å². The van der Waals surface area contributed by atoms with E-state index in [0.717, 1.165) is 24.5 Å². The van der Waals surface area contributed by atoms with Gasteiger partial charge in [-0.15, -0.1) is 0 Å². The van der Waals surface area contributed by atoms with Crippen LogP contribution >= 0.6 is 15.9 Å². The summed E-state index contributed by atoms with van der Waals surface area (Å²) >= 11 is 3.27. The van der Waals surface area contributed by atoms with Crippen molar-refractivity contribution in [2.75, 3.05) is 18.0 Å². The van der Waals surface area contributed by atoms with Crippen molar-refractivity contribution >= 4 is 27.7 Å². The highest BCUT2D eigenvalue weighted by atomic mass is 79.9. The van der Waals surface area contributed by atoms with Gasteiger partial charge in [0.05, 0.1) is 18.7 Å². The molecular weight excluding hydrogens is 351 g/mol. The fraction of sp³-hybridized carbons (Fsp3) is 0.267. The predicted octanol–water partition coefficient (Wildman–Crippen LogP) is 1.93. The van der Waals surface area contributed by atoms with E-state index in [1.165, 1.54) is 12.1 Å². The SMILES string of the molecule is O=C(Cc1ccc(F)cc1Br)NC1CN(c2cnccn2)C1. The minimum atomic E-state index is -0.324. The van der Waals surface area contributed by atoms with Gasteiger partial charge in [0.25, 0.3) is 0 Å². The van der Waals surface area contributed by atoms with E-state index in [1.54, 1.807) is 24.7 Å². The molecule has 2 aromatic rings. The van der Waals surface area contributed by atoms with Crippen molar-refractivity contribution in [3.05, 3.63) is 52.6 Å². The van der Waals surface area contributed by atoms with E-state index in [4.69, 9.17) is 0 Å². The molecule has 1 aliphatic heterocycles. The first-order valence-electron chi connectivity index (χ1n) is 6.86. The molecule has 1 aliphatic rings. The smallest absolute Gasteiger partial charge is 0.224 e. The zero-order valence-electron chi connectivity index (χ0n) is 11.7. The minimum Gasteiger partial charge on any atom is -0.351 e. The van der Waals surface area contributed by atoms with Crippen molar-refractivity contribution in [2.24, 2.45) is 0 Å². The maximum atomic E-state index is 13.0. The number of nitrogens with zero attached hydrogens (tertiary/aromatic N) is 3. The largest absolute Gasteiger partial charge is 0.351 e. The second-order valence-electron chi connectivity index (χ2n) is 5.15. The van der Waals surface area contributed by atoms with E-state index in [0.29, 0.717) is 4.47 Å². The average molecular weight is 365 g/mol. The van der Waals surface area contributed by atoms with Crippen LogP contribution in [0.4, 0.5) is 10.2 Å². The fourth-order valence-corrected chi connectivity index (χ4v) is 2.82. The molecule has 1 amide bonds.